The molecule has 0 spiro atoms. The highest BCUT2D eigenvalue weighted by molar-refractivity contribution is 7.89. The third kappa shape index (κ3) is 6.00. The number of anilines is 1. The van der Waals surface area contributed by atoms with Gasteiger partial charge in [0.15, 0.2) is 0 Å². The average molecular weight is 634 g/mol. The Bertz CT molecular complexity index is 1930. The lowest BCUT2D eigenvalue weighted by atomic mass is 10.0. The highest BCUT2D eigenvalue weighted by Gasteiger charge is 2.32. The quantitative estimate of drug-likeness (QED) is 0.247. The molecule has 0 bridgehead atoms. The van der Waals surface area contributed by atoms with Crippen LogP contribution in [0.3, 0.4) is 0 Å². The molecule has 1 atom stereocenters. The van der Waals surface area contributed by atoms with Gasteiger partial charge in [0.2, 0.25) is 10.0 Å². The van der Waals surface area contributed by atoms with Crippen molar-refractivity contribution in [2.75, 3.05) is 18.0 Å². The maximum Gasteiger partial charge on any atom is 0.262 e. The van der Waals surface area contributed by atoms with Gasteiger partial charge in [-0.05, 0) is 75.2 Å². The number of fused-ring (bicyclic) bond motifs is 1. The van der Waals surface area contributed by atoms with Crippen LogP contribution < -0.4 is 14.9 Å². The third-order valence-corrected chi connectivity index (χ3v) is 10.3. The molecule has 0 radical (unpaired) electrons. The fraction of sp³-hybridized carbons (Fsp3) is 0.290. The molecular formula is C31H32FN7O3S2. The van der Waals surface area contributed by atoms with Crippen molar-refractivity contribution < 1.29 is 17.6 Å². The molecule has 228 valence electrons. The molecule has 0 aliphatic carbocycles. The number of pyridine rings is 1. The smallest absolute Gasteiger partial charge is 0.262 e. The minimum absolute atomic E-state index is 0.0516. The number of carbonyl (C=O) groups excluding carboxylic acids is 1. The number of carbonyl (C=O) groups is 1. The van der Waals surface area contributed by atoms with Gasteiger partial charge < -0.3 is 5.32 Å². The number of hydrogen-bond acceptors (Lipinski definition) is 8. The van der Waals surface area contributed by atoms with Crippen LogP contribution >= 0.6 is 11.3 Å². The first kappa shape index (κ1) is 30.0. The summed E-state index contributed by atoms with van der Waals surface area (Å²) in [4.78, 5) is 21.5. The molecule has 6 rings (SSSR count). The predicted octanol–water partition coefficient (Wildman–Crippen LogP) is 4.98. The highest BCUT2D eigenvalue weighted by atomic mass is 32.2. The summed E-state index contributed by atoms with van der Waals surface area (Å²) in [5.74, 6) is -0.657. The number of nitrogens with zero attached hydrogens (tertiary/aromatic N) is 5. The van der Waals surface area contributed by atoms with E-state index >= 15 is 4.39 Å². The maximum absolute atomic E-state index is 15.6. The zero-order chi connectivity index (χ0) is 31.0. The number of piperidine rings is 1. The first-order valence-corrected chi connectivity index (χ1v) is 16.6. The Labute approximate surface area is 259 Å². The number of aromatic nitrogens is 4. The first-order chi connectivity index (χ1) is 21.1. The van der Waals surface area contributed by atoms with Crippen molar-refractivity contribution in [3.8, 4) is 21.7 Å². The molecule has 5 aromatic rings. The lowest BCUT2D eigenvalue weighted by Crippen LogP contribution is -2.49. The van der Waals surface area contributed by atoms with Crippen LogP contribution in [-0.4, -0.2) is 59.5 Å². The molecule has 44 heavy (non-hydrogen) atoms. The van der Waals surface area contributed by atoms with Crippen molar-refractivity contribution in [3.63, 3.8) is 0 Å². The SMILES string of the molecule is CC(C)NS(=O)(=O)c1ccc(-c2cc3c(N(C(=O)c4ccc(-c5cn(C)nn5)cc4F)[C@@H]4CCCNC4)nccc3s2)cc1. The van der Waals surface area contributed by atoms with E-state index in [0.29, 0.717) is 23.6 Å². The van der Waals surface area contributed by atoms with Gasteiger partial charge >= 0.3 is 0 Å². The molecule has 3 aromatic heterocycles. The van der Waals surface area contributed by atoms with Gasteiger partial charge in [-0.2, -0.15) is 0 Å². The lowest BCUT2D eigenvalue weighted by Gasteiger charge is -2.34. The van der Waals surface area contributed by atoms with Gasteiger partial charge in [-0.3, -0.25) is 14.4 Å². The van der Waals surface area contributed by atoms with Crippen LogP contribution in [0.1, 0.15) is 37.0 Å². The molecular weight excluding hydrogens is 602 g/mol. The van der Waals surface area contributed by atoms with E-state index in [0.717, 1.165) is 39.9 Å². The summed E-state index contributed by atoms with van der Waals surface area (Å²) in [6.45, 7) is 4.95. The van der Waals surface area contributed by atoms with Gasteiger partial charge in [-0.15, -0.1) is 16.4 Å². The zero-order valence-electron chi connectivity index (χ0n) is 24.5. The van der Waals surface area contributed by atoms with Crippen molar-refractivity contribution in [1.29, 1.82) is 0 Å². The highest BCUT2D eigenvalue weighted by Crippen LogP contribution is 2.39. The van der Waals surface area contributed by atoms with Crippen LogP contribution in [-0.2, 0) is 17.1 Å². The Kier molecular flexibility index (Phi) is 8.29. The molecule has 1 aliphatic rings. The van der Waals surface area contributed by atoms with Crippen LogP contribution in [0.25, 0.3) is 31.8 Å². The number of hydrogen-bond donors (Lipinski definition) is 2. The minimum Gasteiger partial charge on any atom is -0.315 e. The monoisotopic (exact) mass is 633 g/mol. The molecule has 2 aromatic carbocycles. The van der Waals surface area contributed by atoms with E-state index in [1.165, 1.54) is 28.2 Å². The maximum atomic E-state index is 15.6. The van der Waals surface area contributed by atoms with E-state index in [-0.39, 0.29) is 22.5 Å². The van der Waals surface area contributed by atoms with Crippen LogP contribution in [0.15, 0.2) is 71.9 Å². The molecule has 1 aliphatic heterocycles. The van der Waals surface area contributed by atoms with E-state index in [9.17, 15) is 13.2 Å². The summed E-state index contributed by atoms with van der Waals surface area (Å²) in [5, 5.41) is 12.1. The standard InChI is InChI=1S/C31H32FN7O3S2/c1-19(2)36-44(41,42)23-9-6-20(7-10-23)29-16-25-28(43-29)12-14-34-30(25)39(22-5-4-13-33-17-22)31(40)24-11-8-21(15-26(24)32)27-18-38(3)37-35-27/h6-12,14-16,18-19,22,33,36H,4-5,13,17H2,1-3H3/t22-/m1/s1. The molecule has 10 nitrogen and oxygen atoms in total. The van der Waals surface area contributed by atoms with Crippen LogP contribution in [0, 0.1) is 5.82 Å². The van der Waals surface area contributed by atoms with Gasteiger partial charge in [0.05, 0.1) is 22.7 Å². The Balaban J connectivity index is 1.38. The number of benzene rings is 2. The second-order valence-corrected chi connectivity index (χ2v) is 13.9. The number of thiophene rings is 1. The normalized spacial score (nSPS) is 15.6. The molecule has 2 N–H and O–H groups in total. The molecule has 1 saturated heterocycles. The van der Waals surface area contributed by atoms with E-state index in [1.807, 2.05) is 12.1 Å². The van der Waals surface area contributed by atoms with E-state index < -0.39 is 21.7 Å². The summed E-state index contributed by atoms with van der Waals surface area (Å²) in [5.41, 5.74) is 1.82. The van der Waals surface area contributed by atoms with Crippen molar-refractivity contribution >= 4 is 43.2 Å². The number of halogens is 1. The minimum atomic E-state index is -3.62. The van der Waals surface area contributed by atoms with Crippen molar-refractivity contribution in [2.45, 2.75) is 43.7 Å². The molecule has 1 fully saturated rings. The predicted molar refractivity (Wildman–Crippen MR) is 170 cm³/mol. The lowest BCUT2D eigenvalue weighted by molar-refractivity contribution is 0.0968. The van der Waals surface area contributed by atoms with Crippen LogP contribution in [0.5, 0.6) is 0 Å². The average Bonchev–Trinajstić information content (AvgIpc) is 3.64. The number of amides is 1. The second kappa shape index (κ2) is 12.2. The number of nitrogens with one attached hydrogen (secondary N) is 2. The fourth-order valence-electron chi connectivity index (χ4n) is 5.41. The van der Waals surface area contributed by atoms with Crippen molar-refractivity contribution in [2.24, 2.45) is 7.05 Å². The van der Waals surface area contributed by atoms with Crippen molar-refractivity contribution in [3.05, 3.63) is 78.4 Å². The topological polar surface area (TPSA) is 122 Å². The van der Waals surface area contributed by atoms with Gasteiger partial charge in [0, 0.05) is 46.4 Å². The second-order valence-electron chi connectivity index (χ2n) is 11.1. The summed E-state index contributed by atoms with van der Waals surface area (Å²) in [7, 11) is -1.88. The molecule has 0 unspecified atom stereocenters. The number of sulfonamides is 1. The summed E-state index contributed by atoms with van der Waals surface area (Å²) in [6.07, 6.45) is 4.96. The van der Waals surface area contributed by atoms with Gasteiger partial charge in [-0.1, -0.05) is 23.4 Å². The van der Waals surface area contributed by atoms with Gasteiger partial charge in [0.25, 0.3) is 5.91 Å². The summed E-state index contributed by atoms with van der Waals surface area (Å²) >= 11 is 1.52. The van der Waals surface area contributed by atoms with Crippen LogP contribution in [0.2, 0.25) is 0 Å². The first-order valence-electron chi connectivity index (χ1n) is 14.3. The Morgan fingerprint density at radius 1 is 1.14 bits per heavy atom. The third-order valence-electron chi connectivity index (χ3n) is 7.45. The van der Waals surface area contributed by atoms with E-state index in [1.54, 1.807) is 68.5 Å². The largest absolute Gasteiger partial charge is 0.315 e. The Morgan fingerprint density at radius 3 is 2.57 bits per heavy atom. The van der Waals surface area contributed by atoms with Crippen molar-refractivity contribution in [1.82, 2.24) is 30.0 Å². The molecule has 13 heteroatoms. The Morgan fingerprint density at radius 2 is 1.91 bits per heavy atom. The number of aryl methyl sites for hydroxylation is 1. The zero-order valence-corrected chi connectivity index (χ0v) is 26.1. The van der Waals surface area contributed by atoms with E-state index in [2.05, 4.69) is 25.3 Å². The molecule has 0 saturated carbocycles. The van der Waals surface area contributed by atoms with Crippen LogP contribution in [0.4, 0.5) is 10.2 Å². The number of rotatable bonds is 8. The van der Waals surface area contributed by atoms with E-state index in [4.69, 9.17) is 0 Å². The fourth-order valence-corrected chi connectivity index (χ4v) is 7.71. The molecule has 1 amide bonds. The Hall–Kier alpha value is -4.04. The van der Waals surface area contributed by atoms with Gasteiger partial charge in [0.1, 0.15) is 17.3 Å². The van der Waals surface area contributed by atoms with Gasteiger partial charge in [-0.25, -0.2) is 22.5 Å². The summed E-state index contributed by atoms with van der Waals surface area (Å²) < 4.78 is 45.8. The summed E-state index contributed by atoms with van der Waals surface area (Å²) in [6, 6.07) is 14.6. The molecule has 4 heterocycles.